The van der Waals surface area contributed by atoms with Crippen LogP contribution in [0.2, 0.25) is 0 Å². The van der Waals surface area contributed by atoms with Gasteiger partial charge in [0.2, 0.25) is 12.3 Å². The fraction of sp³-hybridized carbons (Fsp3) is 0.333. The molecule has 2 amide bonds. The quantitative estimate of drug-likeness (QED) is 0.212. The molecule has 3 N–H and O–H groups in total. The van der Waals surface area contributed by atoms with Crippen molar-refractivity contribution in [2.75, 3.05) is 35.8 Å². The van der Waals surface area contributed by atoms with Crippen molar-refractivity contribution in [1.29, 1.82) is 5.41 Å². The van der Waals surface area contributed by atoms with Crippen molar-refractivity contribution in [1.82, 2.24) is 0 Å². The summed E-state index contributed by atoms with van der Waals surface area (Å²) in [5.74, 6) is -0.266. The van der Waals surface area contributed by atoms with Gasteiger partial charge in [-0.25, -0.2) is 4.79 Å². The summed E-state index contributed by atoms with van der Waals surface area (Å²) >= 11 is 0. The molecule has 0 aromatic heterocycles. The highest BCUT2D eigenvalue weighted by atomic mass is 16.5. The highest BCUT2D eigenvalue weighted by molar-refractivity contribution is 6.42. The summed E-state index contributed by atoms with van der Waals surface area (Å²) in [6.07, 6.45) is 0.927. The summed E-state index contributed by atoms with van der Waals surface area (Å²) in [5, 5.41) is 14.4. The molecule has 0 saturated heterocycles. The smallest absolute Gasteiger partial charge is 0.356 e. The molecule has 36 heavy (non-hydrogen) atoms. The van der Waals surface area contributed by atoms with Gasteiger partial charge in [-0.05, 0) is 68.8 Å². The Morgan fingerprint density at radius 3 is 2.14 bits per heavy atom. The average molecular weight is 495 g/mol. The number of amides is 2. The molecular weight excluding hydrogens is 460 g/mol. The van der Waals surface area contributed by atoms with Gasteiger partial charge in [0.05, 0.1) is 13.7 Å². The van der Waals surface area contributed by atoms with Crippen LogP contribution in [0, 0.1) is 11.3 Å². The minimum Gasteiger partial charge on any atom is -0.497 e. The number of nitrogens with one attached hydrogen (secondary N) is 3. The van der Waals surface area contributed by atoms with Gasteiger partial charge in [0, 0.05) is 40.8 Å². The van der Waals surface area contributed by atoms with Gasteiger partial charge in [-0.2, -0.15) is 0 Å². The van der Waals surface area contributed by atoms with Crippen LogP contribution in [-0.4, -0.2) is 44.3 Å². The van der Waals surface area contributed by atoms with Crippen LogP contribution < -0.4 is 20.3 Å². The van der Waals surface area contributed by atoms with Crippen LogP contribution in [0.3, 0.4) is 0 Å². The van der Waals surface area contributed by atoms with E-state index in [1.807, 2.05) is 26.0 Å². The summed E-state index contributed by atoms with van der Waals surface area (Å²) < 4.78 is 10.2. The van der Waals surface area contributed by atoms with E-state index in [2.05, 4.69) is 10.6 Å². The lowest BCUT2D eigenvalue weighted by Gasteiger charge is -2.21. The number of esters is 1. The molecule has 0 radical (unpaired) electrons. The van der Waals surface area contributed by atoms with Gasteiger partial charge in [-0.15, -0.1) is 0 Å². The molecule has 0 bridgehead atoms. The first-order chi connectivity index (χ1) is 17.2. The lowest BCUT2D eigenvalue weighted by molar-refractivity contribution is -0.135. The van der Waals surface area contributed by atoms with Crippen molar-refractivity contribution in [3.63, 3.8) is 0 Å². The largest absolute Gasteiger partial charge is 0.497 e. The molecule has 192 valence electrons. The highest BCUT2D eigenvalue weighted by Crippen LogP contribution is 2.22. The minimum atomic E-state index is -0.730. The number of benzene rings is 2. The number of ether oxygens (including phenoxy) is 2. The molecule has 0 spiro atoms. The number of nitrogens with zero attached hydrogens (tertiary/aromatic N) is 1. The third-order valence-electron chi connectivity index (χ3n) is 5.38. The molecular formula is C27H34N4O5. The van der Waals surface area contributed by atoms with E-state index in [1.54, 1.807) is 57.4 Å². The second kappa shape index (κ2) is 13.7. The molecule has 9 heteroatoms. The van der Waals surface area contributed by atoms with Crippen LogP contribution in [0.1, 0.15) is 34.1 Å². The number of rotatable bonds is 13. The van der Waals surface area contributed by atoms with Gasteiger partial charge < -0.3 is 25.0 Å². The summed E-state index contributed by atoms with van der Waals surface area (Å²) in [6.45, 7) is 7.44. The number of hydrogen-bond acceptors (Lipinski definition) is 7. The number of hydrogen-bond donors (Lipinski definition) is 3. The topological polar surface area (TPSA) is 121 Å². The van der Waals surface area contributed by atoms with Gasteiger partial charge in [0.1, 0.15) is 11.5 Å². The number of carbonyl (C=O) groups excluding carboxylic acids is 3. The molecule has 0 aliphatic rings. The van der Waals surface area contributed by atoms with Crippen LogP contribution in [0.4, 0.5) is 17.1 Å². The van der Waals surface area contributed by atoms with Crippen molar-refractivity contribution in [2.45, 2.75) is 34.1 Å². The van der Waals surface area contributed by atoms with Crippen LogP contribution in [-0.2, 0) is 19.1 Å². The maximum atomic E-state index is 12.3. The normalized spacial score (nSPS) is 11.3. The zero-order valence-electron chi connectivity index (χ0n) is 21.4. The fourth-order valence-corrected chi connectivity index (χ4v) is 3.29. The summed E-state index contributed by atoms with van der Waals surface area (Å²) in [6, 6.07) is 14.1. The Bertz CT molecular complexity index is 1090. The fourth-order valence-electron chi connectivity index (χ4n) is 3.29. The van der Waals surface area contributed by atoms with E-state index in [0.717, 1.165) is 5.69 Å². The van der Waals surface area contributed by atoms with E-state index in [1.165, 1.54) is 4.90 Å². The molecule has 0 fully saturated rings. The summed E-state index contributed by atoms with van der Waals surface area (Å²) in [7, 11) is 1.58. The Morgan fingerprint density at radius 1 is 1.03 bits per heavy atom. The Balaban J connectivity index is 2.22. The lowest BCUT2D eigenvalue weighted by Crippen LogP contribution is -2.27. The zero-order chi connectivity index (χ0) is 26.7. The number of carbonyl (C=O) groups is 3. The highest BCUT2D eigenvalue weighted by Gasteiger charge is 2.20. The third-order valence-corrected chi connectivity index (χ3v) is 5.38. The first-order valence-corrected chi connectivity index (χ1v) is 11.7. The lowest BCUT2D eigenvalue weighted by atomic mass is 10.0. The van der Waals surface area contributed by atoms with Crippen LogP contribution in [0.25, 0.3) is 0 Å². The van der Waals surface area contributed by atoms with Gasteiger partial charge in [-0.1, -0.05) is 13.8 Å². The maximum absolute atomic E-state index is 12.3. The molecule has 0 saturated carbocycles. The Labute approximate surface area is 212 Å². The first-order valence-electron chi connectivity index (χ1n) is 11.7. The van der Waals surface area contributed by atoms with Gasteiger partial charge >= 0.3 is 5.97 Å². The zero-order valence-corrected chi connectivity index (χ0v) is 21.4. The van der Waals surface area contributed by atoms with Crippen LogP contribution in [0.15, 0.2) is 59.8 Å². The van der Waals surface area contributed by atoms with Gasteiger partial charge in [0.15, 0.2) is 0 Å². The van der Waals surface area contributed by atoms with E-state index in [-0.39, 0.29) is 37.1 Å². The molecule has 0 aliphatic carbocycles. The molecule has 0 aliphatic heterocycles. The third kappa shape index (κ3) is 7.97. The Hall–Kier alpha value is -4.14. The number of allylic oxidation sites excluding steroid dienone is 1. The molecule has 2 rings (SSSR count). The predicted molar refractivity (Wildman–Crippen MR) is 142 cm³/mol. The SMILES string of the molecule is CCOC(=O)C(=N)/C(CCN(C=O)c1ccc(NC(=O)C(C)C)cc1)=C(/C)Nc1ccc(OC)cc1. The molecule has 0 heterocycles. The van der Waals surface area contributed by atoms with Gasteiger partial charge in [0.25, 0.3) is 0 Å². The Kier molecular flexibility index (Phi) is 10.7. The standard InChI is InChI=1S/C27H34N4O5/c1-6-36-27(34)25(28)24(19(4)29-20-9-13-23(35-5)14-10-20)15-16-31(17-32)22-11-7-21(8-12-22)30-26(33)18(2)3/h7-14,17-18,28-29H,6,15-16H2,1-5H3,(H,30,33)/b24-19-,28-25?. The predicted octanol–water partition coefficient (Wildman–Crippen LogP) is 4.61. The molecule has 2 aromatic carbocycles. The minimum absolute atomic E-state index is 0.0953. The average Bonchev–Trinajstić information content (AvgIpc) is 2.87. The van der Waals surface area contributed by atoms with E-state index in [9.17, 15) is 14.4 Å². The second-order valence-corrected chi connectivity index (χ2v) is 8.29. The van der Waals surface area contributed by atoms with E-state index >= 15 is 0 Å². The second-order valence-electron chi connectivity index (χ2n) is 8.29. The monoisotopic (exact) mass is 494 g/mol. The van der Waals surface area contributed by atoms with E-state index < -0.39 is 5.97 Å². The molecule has 2 aromatic rings. The van der Waals surface area contributed by atoms with Crippen molar-refractivity contribution in [3.8, 4) is 5.75 Å². The van der Waals surface area contributed by atoms with Crippen molar-refractivity contribution < 1.29 is 23.9 Å². The Morgan fingerprint density at radius 2 is 1.61 bits per heavy atom. The molecule has 0 unspecified atom stereocenters. The summed E-state index contributed by atoms with van der Waals surface area (Å²) in [5.41, 5.74) is 2.76. The van der Waals surface area contributed by atoms with Gasteiger partial charge in [-0.3, -0.25) is 15.0 Å². The van der Waals surface area contributed by atoms with Crippen molar-refractivity contribution in [3.05, 3.63) is 59.8 Å². The van der Waals surface area contributed by atoms with Crippen LogP contribution >= 0.6 is 0 Å². The van der Waals surface area contributed by atoms with Crippen molar-refractivity contribution in [2.24, 2.45) is 5.92 Å². The maximum Gasteiger partial charge on any atom is 0.356 e. The van der Waals surface area contributed by atoms with Crippen LogP contribution in [0.5, 0.6) is 5.75 Å². The molecule has 9 nitrogen and oxygen atoms in total. The van der Waals surface area contributed by atoms with E-state index in [4.69, 9.17) is 14.9 Å². The molecule has 0 atom stereocenters. The number of methoxy groups -OCH3 is 1. The van der Waals surface area contributed by atoms with Crippen molar-refractivity contribution >= 4 is 41.1 Å². The number of anilines is 3. The van der Waals surface area contributed by atoms with E-state index in [0.29, 0.717) is 34.8 Å². The summed E-state index contributed by atoms with van der Waals surface area (Å²) in [4.78, 5) is 37.6. The first kappa shape index (κ1) is 28.1.